The van der Waals surface area contributed by atoms with Crippen molar-refractivity contribution in [1.29, 1.82) is 0 Å². The van der Waals surface area contributed by atoms with Crippen LogP contribution in [-0.2, 0) is 4.79 Å². The Morgan fingerprint density at radius 3 is 2.57 bits per heavy atom. The molecule has 1 amide bonds. The maximum Gasteiger partial charge on any atom is 0.246 e. The van der Waals surface area contributed by atoms with Crippen molar-refractivity contribution in [2.45, 2.75) is 43.7 Å². The number of hydrogen-bond acceptors (Lipinski definition) is 4. The summed E-state index contributed by atoms with van der Waals surface area (Å²) in [7, 11) is 0. The van der Waals surface area contributed by atoms with Gasteiger partial charge >= 0.3 is 0 Å². The summed E-state index contributed by atoms with van der Waals surface area (Å²) < 4.78 is 0. The lowest BCUT2D eigenvalue weighted by molar-refractivity contribution is -0.130. The average molecular weight is 378 g/mol. The third-order valence-corrected chi connectivity index (χ3v) is 6.03. The Kier molecular flexibility index (Phi) is 4.63. The number of aromatic hydroxyl groups is 1. The SMILES string of the molecule is C=CC(=O)N1C2CC[C@@H]1CC(c1cc(/C=C(\N)c3ccccc3O)c(N)[nH]1)C2. The van der Waals surface area contributed by atoms with Gasteiger partial charge in [-0.3, -0.25) is 4.79 Å². The van der Waals surface area contributed by atoms with E-state index in [0.29, 0.717) is 23.0 Å². The van der Waals surface area contributed by atoms with Crippen LogP contribution in [0.5, 0.6) is 5.75 Å². The van der Waals surface area contributed by atoms with Gasteiger partial charge in [0.05, 0.1) is 0 Å². The quantitative estimate of drug-likeness (QED) is 0.613. The number of H-pyrrole nitrogens is 1. The minimum atomic E-state index is 0.0380. The second-order valence-electron chi connectivity index (χ2n) is 7.71. The van der Waals surface area contributed by atoms with Gasteiger partial charge in [-0.15, -0.1) is 0 Å². The van der Waals surface area contributed by atoms with Crippen molar-refractivity contribution < 1.29 is 9.90 Å². The van der Waals surface area contributed by atoms with Crippen LogP contribution in [0, 0.1) is 0 Å². The second-order valence-corrected chi connectivity index (χ2v) is 7.71. The molecule has 1 aromatic heterocycles. The summed E-state index contributed by atoms with van der Waals surface area (Å²) in [6.45, 7) is 3.63. The molecule has 0 spiro atoms. The van der Waals surface area contributed by atoms with Gasteiger partial charge in [-0.25, -0.2) is 0 Å². The molecule has 2 fully saturated rings. The molecule has 2 bridgehead atoms. The van der Waals surface area contributed by atoms with Crippen molar-refractivity contribution in [2.75, 3.05) is 5.73 Å². The van der Waals surface area contributed by atoms with Crippen LogP contribution >= 0.6 is 0 Å². The molecule has 6 heteroatoms. The van der Waals surface area contributed by atoms with E-state index in [1.54, 1.807) is 24.3 Å². The van der Waals surface area contributed by atoms with Gasteiger partial charge in [0, 0.05) is 40.5 Å². The number of aromatic amines is 1. The molecule has 2 aliphatic rings. The van der Waals surface area contributed by atoms with E-state index in [-0.39, 0.29) is 23.7 Å². The van der Waals surface area contributed by atoms with Gasteiger partial charge in [0.15, 0.2) is 0 Å². The lowest BCUT2D eigenvalue weighted by atomic mass is 9.88. The molecule has 4 rings (SSSR count). The van der Waals surface area contributed by atoms with Crippen LogP contribution in [0.1, 0.15) is 48.4 Å². The van der Waals surface area contributed by atoms with Crippen LogP contribution in [0.25, 0.3) is 11.8 Å². The van der Waals surface area contributed by atoms with Crippen LogP contribution in [-0.4, -0.2) is 33.0 Å². The molecule has 3 atom stereocenters. The average Bonchev–Trinajstić information content (AvgIpc) is 3.17. The number of phenols is 1. The first-order valence-electron chi connectivity index (χ1n) is 9.66. The molecule has 0 aliphatic carbocycles. The van der Waals surface area contributed by atoms with Crippen molar-refractivity contribution in [1.82, 2.24) is 9.88 Å². The number of nitrogens with one attached hydrogen (secondary N) is 1. The summed E-state index contributed by atoms with van der Waals surface area (Å²) in [5, 5.41) is 9.99. The maximum atomic E-state index is 12.2. The fraction of sp³-hybridized carbons (Fsp3) is 0.318. The van der Waals surface area contributed by atoms with Crippen molar-refractivity contribution in [3.63, 3.8) is 0 Å². The van der Waals surface area contributed by atoms with E-state index in [2.05, 4.69) is 11.6 Å². The van der Waals surface area contributed by atoms with Crippen molar-refractivity contribution in [3.05, 3.63) is 59.8 Å². The minimum Gasteiger partial charge on any atom is -0.507 e. The monoisotopic (exact) mass is 378 g/mol. The van der Waals surface area contributed by atoms with Gasteiger partial charge in [-0.1, -0.05) is 18.7 Å². The molecular formula is C22H26N4O2. The third kappa shape index (κ3) is 3.15. The molecule has 2 aliphatic heterocycles. The number of amides is 1. The third-order valence-electron chi connectivity index (χ3n) is 6.03. The van der Waals surface area contributed by atoms with E-state index in [4.69, 9.17) is 11.5 Å². The van der Waals surface area contributed by atoms with Gasteiger partial charge in [-0.2, -0.15) is 0 Å². The number of para-hydroxylation sites is 1. The zero-order chi connectivity index (χ0) is 19.8. The number of phenolic OH excluding ortho intramolecular Hbond substituents is 1. The van der Waals surface area contributed by atoms with E-state index < -0.39 is 0 Å². The van der Waals surface area contributed by atoms with Gasteiger partial charge in [0.1, 0.15) is 11.6 Å². The minimum absolute atomic E-state index is 0.0380. The van der Waals surface area contributed by atoms with Gasteiger partial charge in [-0.05, 0) is 56.0 Å². The predicted octanol–water partition coefficient (Wildman–Crippen LogP) is 3.18. The van der Waals surface area contributed by atoms with Gasteiger partial charge < -0.3 is 26.5 Å². The molecule has 2 saturated heterocycles. The Morgan fingerprint density at radius 1 is 1.25 bits per heavy atom. The maximum absolute atomic E-state index is 12.2. The highest BCUT2D eigenvalue weighted by Crippen LogP contribution is 2.43. The number of carbonyl (C=O) groups excluding carboxylic acids is 1. The number of nitrogens with zero attached hydrogens (tertiary/aromatic N) is 1. The first-order valence-corrected chi connectivity index (χ1v) is 9.66. The molecule has 0 radical (unpaired) electrons. The first kappa shape index (κ1) is 18.2. The standard InChI is InChI=1S/C22H26N4O2/c1-2-21(28)26-15-7-8-16(26)10-13(9-15)19-12-14(22(24)25-19)11-18(23)17-5-3-4-6-20(17)27/h2-6,11-13,15-16,25,27H,1,7-10,23-24H2/b18-11-/t13?,15-,16?/m1/s1. The van der Waals surface area contributed by atoms with Gasteiger partial charge in [0.2, 0.25) is 5.91 Å². The first-order chi connectivity index (χ1) is 13.5. The molecule has 6 N–H and O–H groups in total. The molecule has 0 saturated carbocycles. The zero-order valence-electron chi connectivity index (χ0n) is 15.8. The number of anilines is 1. The molecule has 146 valence electrons. The Hall–Kier alpha value is -3.15. The summed E-state index contributed by atoms with van der Waals surface area (Å²) in [6.07, 6.45) is 7.15. The molecule has 3 heterocycles. The highest BCUT2D eigenvalue weighted by atomic mass is 16.3. The summed E-state index contributed by atoms with van der Waals surface area (Å²) >= 11 is 0. The Bertz CT molecular complexity index is 932. The molecule has 2 aromatic rings. The van der Waals surface area contributed by atoms with Crippen LogP contribution in [0.3, 0.4) is 0 Å². The number of rotatable bonds is 4. The normalized spacial score (nSPS) is 24.4. The zero-order valence-corrected chi connectivity index (χ0v) is 15.8. The number of carbonyl (C=O) groups is 1. The number of nitrogens with two attached hydrogens (primary N) is 2. The number of piperidine rings is 1. The molecule has 28 heavy (non-hydrogen) atoms. The van der Waals surface area contributed by atoms with E-state index in [9.17, 15) is 9.90 Å². The second kappa shape index (κ2) is 7.11. The van der Waals surface area contributed by atoms with Crippen LogP contribution in [0.15, 0.2) is 43.0 Å². The number of nitrogen functional groups attached to an aromatic ring is 1. The molecule has 2 unspecified atom stereocenters. The smallest absolute Gasteiger partial charge is 0.246 e. The Labute approximate surface area is 164 Å². The van der Waals surface area contributed by atoms with Crippen LogP contribution < -0.4 is 11.5 Å². The highest BCUT2D eigenvalue weighted by molar-refractivity contribution is 5.88. The van der Waals surface area contributed by atoms with Crippen molar-refractivity contribution >= 4 is 23.5 Å². The van der Waals surface area contributed by atoms with Crippen LogP contribution in [0.2, 0.25) is 0 Å². The number of benzene rings is 1. The summed E-state index contributed by atoms with van der Waals surface area (Å²) in [5.41, 5.74) is 15.3. The number of fused-ring (bicyclic) bond motifs is 2. The van der Waals surface area contributed by atoms with E-state index in [1.807, 2.05) is 17.0 Å². The topological polar surface area (TPSA) is 108 Å². The van der Waals surface area contributed by atoms with E-state index in [0.717, 1.165) is 36.9 Å². The van der Waals surface area contributed by atoms with Gasteiger partial charge in [0.25, 0.3) is 0 Å². The molecular weight excluding hydrogens is 352 g/mol. The van der Waals surface area contributed by atoms with E-state index in [1.165, 1.54) is 6.08 Å². The highest BCUT2D eigenvalue weighted by Gasteiger charge is 2.43. The lowest BCUT2D eigenvalue weighted by Crippen LogP contribution is -2.45. The Morgan fingerprint density at radius 2 is 1.93 bits per heavy atom. The summed E-state index contributed by atoms with van der Waals surface area (Å²) in [5.74, 6) is 1.07. The fourth-order valence-electron chi connectivity index (χ4n) is 4.71. The number of hydrogen-bond donors (Lipinski definition) is 4. The fourth-order valence-corrected chi connectivity index (χ4v) is 4.71. The number of aromatic nitrogens is 1. The van der Waals surface area contributed by atoms with Crippen LogP contribution in [0.4, 0.5) is 5.82 Å². The largest absolute Gasteiger partial charge is 0.507 e. The van der Waals surface area contributed by atoms with Crippen molar-refractivity contribution in [2.24, 2.45) is 5.73 Å². The van der Waals surface area contributed by atoms with Crippen molar-refractivity contribution in [3.8, 4) is 5.75 Å². The Balaban J connectivity index is 1.56. The van der Waals surface area contributed by atoms with E-state index >= 15 is 0 Å². The molecule has 6 nitrogen and oxygen atoms in total. The molecule has 1 aromatic carbocycles. The predicted molar refractivity (Wildman–Crippen MR) is 111 cm³/mol. The summed E-state index contributed by atoms with van der Waals surface area (Å²) in [4.78, 5) is 17.5. The lowest BCUT2D eigenvalue weighted by Gasteiger charge is -2.38. The summed E-state index contributed by atoms with van der Waals surface area (Å²) in [6, 6.07) is 9.54.